The molecule has 0 radical (unpaired) electrons. The minimum absolute atomic E-state index is 0.229. The van der Waals surface area contributed by atoms with Gasteiger partial charge in [0.1, 0.15) is 10.0 Å². The fourth-order valence-electron chi connectivity index (χ4n) is 4.23. The van der Waals surface area contributed by atoms with Gasteiger partial charge in [0, 0.05) is 17.3 Å². The number of fused-ring (bicyclic) bond motifs is 1. The third kappa shape index (κ3) is 4.65. The summed E-state index contributed by atoms with van der Waals surface area (Å²) in [6, 6.07) is 21.9. The van der Waals surface area contributed by atoms with Crippen molar-refractivity contribution in [2.45, 2.75) is 23.1 Å². The summed E-state index contributed by atoms with van der Waals surface area (Å²) in [7, 11) is -3.54. The number of carbonyl (C=O) groups is 1. The van der Waals surface area contributed by atoms with E-state index in [9.17, 15) is 17.6 Å². The van der Waals surface area contributed by atoms with Crippen molar-refractivity contribution in [1.29, 1.82) is 0 Å². The minimum Gasteiger partial charge on any atom is -0.322 e. The lowest BCUT2D eigenvalue weighted by atomic mass is 9.99. The maximum atomic E-state index is 13.3. The molecule has 0 spiro atoms. The Labute approximate surface area is 201 Å². The molecule has 1 unspecified atom stereocenters. The molecule has 1 aliphatic carbocycles. The Hall–Kier alpha value is -3.33. The summed E-state index contributed by atoms with van der Waals surface area (Å²) in [4.78, 5) is 13.1. The van der Waals surface area contributed by atoms with E-state index in [1.54, 1.807) is 41.8 Å². The van der Waals surface area contributed by atoms with Gasteiger partial charge in [-0.1, -0.05) is 42.5 Å². The van der Waals surface area contributed by atoms with Crippen molar-refractivity contribution in [3.05, 3.63) is 107 Å². The Morgan fingerprint density at radius 3 is 2.44 bits per heavy atom. The lowest BCUT2D eigenvalue weighted by Crippen LogP contribution is -2.34. The second-order valence-electron chi connectivity index (χ2n) is 8.15. The monoisotopic (exact) mass is 492 g/mol. The van der Waals surface area contributed by atoms with Crippen LogP contribution in [0.1, 0.15) is 21.5 Å². The third-order valence-corrected chi connectivity index (χ3v) is 8.72. The molecule has 1 atom stereocenters. The van der Waals surface area contributed by atoms with E-state index in [-0.39, 0.29) is 17.8 Å². The van der Waals surface area contributed by atoms with Crippen molar-refractivity contribution >= 4 is 33.0 Å². The summed E-state index contributed by atoms with van der Waals surface area (Å²) in [5.41, 5.74) is 4.65. The summed E-state index contributed by atoms with van der Waals surface area (Å²) >= 11 is 1.19. The molecule has 1 heterocycles. The number of hydrogen-bond acceptors (Lipinski definition) is 4. The molecule has 1 amide bonds. The molecule has 0 aliphatic heterocycles. The van der Waals surface area contributed by atoms with Crippen molar-refractivity contribution in [3.63, 3.8) is 0 Å². The topological polar surface area (TPSA) is 75.3 Å². The van der Waals surface area contributed by atoms with Crippen LogP contribution in [0.5, 0.6) is 0 Å². The van der Waals surface area contributed by atoms with Gasteiger partial charge in [-0.3, -0.25) is 4.79 Å². The molecule has 2 N–H and O–H groups in total. The molecule has 5 rings (SSSR count). The van der Waals surface area contributed by atoms with Gasteiger partial charge in [-0.05, 0) is 76.9 Å². The molecule has 0 fully saturated rings. The Balaban J connectivity index is 1.31. The first-order valence-electron chi connectivity index (χ1n) is 10.7. The predicted octanol–water partition coefficient (Wildman–Crippen LogP) is 5.25. The van der Waals surface area contributed by atoms with Crippen molar-refractivity contribution in [2.24, 2.45) is 0 Å². The van der Waals surface area contributed by atoms with E-state index in [4.69, 9.17) is 0 Å². The van der Waals surface area contributed by atoms with Crippen molar-refractivity contribution in [3.8, 4) is 11.1 Å². The Kier molecular flexibility index (Phi) is 6.03. The second-order valence-corrected chi connectivity index (χ2v) is 11.0. The quantitative estimate of drug-likeness (QED) is 0.386. The highest BCUT2D eigenvalue weighted by molar-refractivity contribution is 7.91. The van der Waals surface area contributed by atoms with Gasteiger partial charge in [0.15, 0.2) is 0 Å². The average Bonchev–Trinajstić information content (AvgIpc) is 3.49. The number of nitrogens with one attached hydrogen (secondary N) is 2. The Morgan fingerprint density at radius 2 is 1.68 bits per heavy atom. The van der Waals surface area contributed by atoms with Crippen LogP contribution < -0.4 is 10.0 Å². The van der Waals surface area contributed by atoms with Gasteiger partial charge in [-0.15, -0.1) is 11.3 Å². The van der Waals surface area contributed by atoms with Crippen LogP contribution in [0, 0.1) is 5.82 Å². The Morgan fingerprint density at radius 1 is 0.912 bits per heavy atom. The smallest absolute Gasteiger partial charge is 0.256 e. The van der Waals surface area contributed by atoms with Gasteiger partial charge in [0.2, 0.25) is 10.0 Å². The minimum atomic E-state index is -3.54. The molecule has 5 nitrogen and oxygen atoms in total. The molecular formula is C26H21FN2O3S2. The van der Waals surface area contributed by atoms with Crippen molar-refractivity contribution in [1.82, 2.24) is 4.72 Å². The summed E-state index contributed by atoms with van der Waals surface area (Å²) in [6.07, 6.45) is 1.15. The van der Waals surface area contributed by atoms with Crippen LogP contribution >= 0.6 is 11.3 Å². The van der Waals surface area contributed by atoms with Crippen LogP contribution in [0.2, 0.25) is 0 Å². The molecule has 3 aromatic carbocycles. The molecule has 0 saturated carbocycles. The maximum absolute atomic E-state index is 13.3. The fraction of sp³-hybridized carbons (Fsp3) is 0.115. The van der Waals surface area contributed by atoms with Crippen LogP contribution in [-0.2, 0) is 22.9 Å². The summed E-state index contributed by atoms with van der Waals surface area (Å²) in [6.45, 7) is 0. The SMILES string of the molecule is O=C(Nc1ccc2c(c1)CC(NS(=O)(=O)c1cccs1)C2)c1ccccc1-c1ccc(F)cc1. The van der Waals surface area contributed by atoms with E-state index in [1.165, 1.54) is 23.5 Å². The number of sulfonamides is 1. The average molecular weight is 493 g/mol. The van der Waals surface area contributed by atoms with Gasteiger partial charge in [0.25, 0.3) is 5.91 Å². The number of amides is 1. The van der Waals surface area contributed by atoms with E-state index in [2.05, 4.69) is 10.0 Å². The van der Waals surface area contributed by atoms with E-state index in [0.717, 1.165) is 16.7 Å². The zero-order valence-electron chi connectivity index (χ0n) is 18.0. The largest absolute Gasteiger partial charge is 0.322 e. The number of halogens is 1. The normalized spacial score (nSPS) is 15.1. The van der Waals surface area contributed by atoms with Crippen LogP contribution in [0.4, 0.5) is 10.1 Å². The van der Waals surface area contributed by atoms with Gasteiger partial charge in [0.05, 0.1) is 0 Å². The number of anilines is 1. The van der Waals surface area contributed by atoms with Crippen LogP contribution in [0.3, 0.4) is 0 Å². The molecule has 0 bridgehead atoms. The fourth-order valence-corrected chi connectivity index (χ4v) is 6.48. The molecular weight excluding hydrogens is 471 g/mol. The number of rotatable bonds is 6. The number of thiophene rings is 1. The second kappa shape index (κ2) is 9.13. The maximum Gasteiger partial charge on any atom is 0.256 e. The molecule has 172 valence electrons. The van der Waals surface area contributed by atoms with Crippen molar-refractivity contribution < 1.29 is 17.6 Å². The van der Waals surface area contributed by atoms with E-state index >= 15 is 0 Å². The molecule has 34 heavy (non-hydrogen) atoms. The standard InChI is InChI=1S/C26H21FN2O3S2/c27-20-10-7-17(8-11-20)23-4-1-2-5-24(23)26(30)28-21-12-9-18-14-22(16-19(18)15-21)29-34(31,32)25-6-3-13-33-25/h1-13,15,22,29H,14,16H2,(H,28,30). The predicted molar refractivity (Wildman–Crippen MR) is 132 cm³/mol. The highest BCUT2D eigenvalue weighted by Crippen LogP contribution is 2.29. The van der Waals surface area contributed by atoms with Crippen LogP contribution in [-0.4, -0.2) is 20.4 Å². The van der Waals surface area contributed by atoms with E-state index < -0.39 is 10.0 Å². The highest BCUT2D eigenvalue weighted by atomic mass is 32.2. The van der Waals surface area contributed by atoms with Gasteiger partial charge in [-0.2, -0.15) is 0 Å². The lowest BCUT2D eigenvalue weighted by Gasteiger charge is -2.12. The Bertz CT molecular complexity index is 1450. The lowest BCUT2D eigenvalue weighted by molar-refractivity contribution is 0.102. The number of benzene rings is 3. The molecule has 1 aliphatic rings. The van der Waals surface area contributed by atoms with Gasteiger partial charge >= 0.3 is 0 Å². The molecule has 4 aromatic rings. The van der Waals surface area contributed by atoms with E-state index in [1.807, 2.05) is 30.3 Å². The summed E-state index contributed by atoms with van der Waals surface area (Å²) < 4.78 is 41.5. The zero-order valence-corrected chi connectivity index (χ0v) is 19.6. The summed E-state index contributed by atoms with van der Waals surface area (Å²) in [5, 5.41) is 4.68. The first kappa shape index (κ1) is 22.5. The number of hydrogen-bond donors (Lipinski definition) is 2. The first-order valence-corrected chi connectivity index (χ1v) is 13.1. The summed E-state index contributed by atoms with van der Waals surface area (Å²) in [5.74, 6) is -0.604. The molecule has 0 saturated heterocycles. The highest BCUT2D eigenvalue weighted by Gasteiger charge is 2.27. The molecule has 1 aromatic heterocycles. The van der Waals surface area contributed by atoms with Crippen LogP contribution in [0.25, 0.3) is 11.1 Å². The van der Waals surface area contributed by atoms with Gasteiger partial charge < -0.3 is 5.32 Å². The third-order valence-electron chi connectivity index (χ3n) is 5.81. The number of carbonyl (C=O) groups excluding carboxylic acids is 1. The van der Waals surface area contributed by atoms with Gasteiger partial charge in [-0.25, -0.2) is 17.5 Å². The first-order chi connectivity index (χ1) is 16.4. The van der Waals surface area contributed by atoms with Crippen molar-refractivity contribution in [2.75, 3.05) is 5.32 Å². The molecule has 8 heteroatoms. The zero-order chi connectivity index (χ0) is 23.7. The van der Waals surface area contributed by atoms with E-state index in [0.29, 0.717) is 33.9 Å². The van der Waals surface area contributed by atoms with Crippen LogP contribution in [0.15, 0.2) is 88.5 Å².